The van der Waals surface area contributed by atoms with Gasteiger partial charge in [-0.2, -0.15) is 0 Å². The molecule has 152 valence electrons. The second-order valence-corrected chi connectivity index (χ2v) is 6.73. The van der Waals surface area contributed by atoms with Crippen molar-refractivity contribution in [3.05, 3.63) is 54.0 Å². The van der Waals surface area contributed by atoms with Gasteiger partial charge in [0, 0.05) is 13.0 Å². The van der Waals surface area contributed by atoms with Gasteiger partial charge in [0.25, 0.3) is 11.8 Å². The molecule has 0 bridgehead atoms. The van der Waals surface area contributed by atoms with Crippen LogP contribution in [0.3, 0.4) is 0 Å². The third-order valence-corrected chi connectivity index (χ3v) is 4.42. The summed E-state index contributed by atoms with van der Waals surface area (Å²) in [5.41, 5.74) is 1.64. The zero-order chi connectivity index (χ0) is 21.1. The normalized spacial score (nSPS) is 12.9. The third-order valence-electron chi connectivity index (χ3n) is 4.42. The largest absolute Gasteiger partial charge is 0.354 e. The van der Waals surface area contributed by atoms with Crippen molar-refractivity contribution >= 4 is 29.0 Å². The van der Waals surface area contributed by atoms with E-state index in [0.717, 1.165) is 18.5 Å². The summed E-state index contributed by atoms with van der Waals surface area (Å²) >= 11 is 0. The summed E-state index contributed by atoms with van der Waals surface area (Å²) in [6.45, 7) is 1.66. The molecule has 0 saturated heterocycles. The maximum absolute atomic E-state index is 13.1. The zero-order valence-corrected chi connectivity index (χ0v) is 16.4. The lowest BCUT2D eigenvalue weighted by molar-refractivity contribution is 0.0958. The number of rotatable bonds is 6. The fourth-order valence-electron chi connectivity index (χ4n) is 2.76. The van der Waals surface area contributed by atoms with Crippen LogP contribution in [0.4, 0.5) is 17.2 Å². The van der Waals surface area contributed by atoms with Crippen LogP contribution in [0.1, 0.15) is 51.3 Å². The molecule has 3 aromatic heterocycles. The average molecular weight is 405 g/mol. The minimum Gasteiger partial charge on any atom is -0.354 e. The Morgan fingerprint density at radius 1 is 0.967 bits per heavy atom. The average Bonchev–Trinajstić information content (AvgIpc) is 3.61. The van der Waals surface area contributed by atoms with Crippen molar-refractivity contribution < 1.29 is 9.59 Å². The maximum atomic E-state index is 13.1. The Labute approximate surface area is 171 Å². The SMILES string of the molecule is CNC(=O)c1nc(C)ncc1NC(=O)c1nc(C2CC2)cnc1Nc1cncnc1. The molecule has 30 heavy (non-hydrogen) atoms. The summed E-state index contributed by atoms with van der Waals surface area (Å²) in [6.07, 6.45) is 9.60. The lowest BCUT2D eigenvalue weighted by Crippen LogP contribution is -2.24. The topological polar surface area (TPSA) is 148 Å². The quantitative estimate of drug-likeness (QED) is 0.556. The van der Waals surface area contributed by atoms with E-state index in [2.05, 4.69) is 45.9 Å². The summed E-state index contributed by atoms with van der Waals surface area (Å²) < 4.78 is 0. The number of aryl methyl sites for hydroxylation is 1. The first-order valence-corrected chi connectivity index (χ1v) is 9.31. The molecule has 1 aliphatic rings. The summed E-state index contributed by atoms with van der Waals surface area (Å²) in [4.78, 5) is 50.3. The number of hydrogen-bond donors (Lipinski definition) is 3. The van der Waals surface area contributed by atoms with Crippen LogP contribution in [0.25, 0.3) is 0 Å². The predicted molar refractivity (Wildman–Crippen MR) is 107 cm³/mol. The van der Waals surface area contributed by atoms with Crippen LogP contribution in [0.5, 0.6) is 0 Å². The molecule has 3 N–H and O–H groups in total. The standard InChI is InChI=1S/C19H19N9O2/c1-10-23-8-14(15(25-10)18(29)20-2)28-19(30)16-17(26-12-5-21-9-22-6-12)24-7-13(27-16)11-3-4-11/h5-9,11H,3-4H2,1-2H3,(H,20,29)(H,24,26)(H,28,30). The minimum atomic E-state index is -0.540. The van der Waals surface area contributed by atoms with E-state index in [-0.39, 0.29) is 22.9 Å². The van der Waals surface area contributed by atoms with Gasteiger partial charge in [-0.3, -0.25) is 9.59 Å². The van der Waals surface area contributed by atoms with Gasteiger partial charge in [0.2, 0.25) is 0 Å². The van der Waals surface area contributed by atoms with Crippen molar-refractivity contribution in [2.45, 2.75) is 25.7 Å². The first-order valence-electron chi connectivity index (χ1n) is 9.31. The fourth-order valence-corrected chi connectivity index (χ4v) is 2.76. The van der Waals surface area contributed by atoms with E-state index in [4.69, 9.17) is 0 Å². The van der Waals surface area contributed by atoms with Gasteiger partial charge in [-0.1, -0.05) is 0 Å². The molecule has 0 radical (unpaired) electrons. The summed E-state index contributed by atoms with van der Waals surface area (Å²) in [5.74, 6) is -0.00701. The highest BCUT2D eigenvalue weighted by molar-refractivity contribution is 6.09. The number of nitrogens with one attached hydrogen (secondary N) is 3. The molecular weight excluding hydrogens is 386 g/mol. The molecule has 0 aliphatic heterocycles. The molecule has 1 aliphatic carbocycles. The third kappa shape index (κ3) is 4.19. The van der Waals surface area contributed by atoms with E-state index < -0.39 is 11.8 Å². The van der Waals surface area contributed by atoms with Gasteiger partial charge < -0.3 is 16.0 Å². The number of hydrogen-bond acceptors (Lipinski definition) is 9. The molecule has 0 spiro atoms. The lowest BCUT2D eigenvalue weighted by Gasteiger charge is -2.13. The van der Waals surface area contributed by atoms with E-state index in [1.807, 2.05) is 0 Å². The number of anilines is 3. The van der Waals surface area contributed by atoms with E-state index in [9.17, 15) is 9.59 Å². The Morgan fingerprint density at radius 3 is 2.43 bits per heavy atom. The second-order valence-electron chi connectivity index (χ2n) is 6.73. The van der Waals surface area contributed by atoms with E-state index >= 15 is 0 Å². The molecule has 2 amide bonds. The Balaban J connectivity index is 1.67. The smallest absolute Gasteiger partial charge is 0.278 e. The molecule has 3 heterocycles. The molecule has 1 saturated carbocycles. The molecule has 1 fully saturated rings. The van der Waals surface area contributed by atoms with Gasteiger partial charge in [0.1, 0.15) is 12.2 Å². The number of nitrogens with zero attached hydrogens (tertiary/aromatic N) is 6. The Kier molecular flexibility index (Phi) is 5.24. The number of amides is 2. The number of carbonyl (C=O) groups is 2. The Morgan fingerprint density at radius 2 is 1.73 bits per heavy atom. The van der Waals surface area contributed by atoms with E-state index in [0.29, 0.717) is 17.4 Å². The highest BCUT2D eigenvalue weighted by Gasteiger charge is 2.28. The summed E-state index contributed by atoms with van der Waals surface area (Å²) in [7, 11) is 1.49. The van der Waals surface area contributed by atoms with Crippen molar-refractivity contribution in [3.8, 4) is 0 Å². The van der Waals surface area contributed by atoms with Crippen LogP contribution >= 0.6 is 0 Å². The number of carbonyl (C=O) groups excluding carboxylic acids is 2. The van der Waals surface area contributed by atoms with Crippen LogP contribution in [0, 0.1) is 6.92 Å². The maximum Gasteiger partial charge on any atom is 0.278 e. The fraction of sp³-hybridized carbons (Fsp3) is 0.263. The molecule has 0 unspecified atom stereocenters. The monoisotopic (exact) mass is 405 g/mol. The Bertz CT molecular complexity index is 1100. The van der Waals surface area contributed by atoms with E-state index in [1.54, 1.807) is 25.5 Å². The molecule has 0 aromatic carbocycles. The van der Waals surface area contributed by atoms with Gasteiger partial charge >= 0.3 is 0 Å². The summed E-state index contributed by atoms with van der Waals surface area (Å²) in [5, 5.41) is 8.20. The zero-order valence-electron chi connectivity index (χ0n) is 16.4. The van der Waals surface area contributed by atoms with Gasteiger partial charge in [-0.05, 0) is 19.8 Å². The highest BCUT2D eigenvalue weighted by Crippen LogP contribution is 2.39. The molecule has 11 nitrogen and oxygen atoms in total. The first kappa shape index (κ1) is 19.3. The van der Waals surface area contributed by atoms with Crippen molar-refractivity contribution in [2.75, 3.05) is 17.7 Å². The second kappa shape index (κ2) is 8.15. The molecular formula is C19H19N9O2. The van der Waals surface area contributed by atoms with Crippen LogP contribution in [-0.2, 0) is 0 Å². The van der Waals surface area contributed by atoms with E-state index in [1.165, 1.54) is 19.6 Å². The van der Waals surface area contributed by atoms with Crippen molar-refractivity contribution in [3.63, 3.8) is 0 Å². The molecule has 11 heteroatoms. The summed E-state index contributed by atoms with van der Waals surface area (Å²) in [6, 6.07) is 0. The van der Waals surface area contributed by atoms with Crippen LogP contribution in [0.2, 0.25) is 0 Å². The first-order chi connectivity index (χ1) is 14.5. The van der Waals surface area contributed by atoms with Crippen LogP contribution in [-0.4, -0.2) is 48.8 Å². The Hall–Kier alpha value is -4.02. The molecule has 4 rings (SSSR count). The van der Waals surface area contributed by atoms with Gasteiger partial charge in [-0.15, -0.1) is 0 Å². The predicted octanol–water partition coefficient (Wildman–Crippen LogP) is 1.60. The van der Waals surface area contributed by atoms with Crippen molar-refractivity contribution in [1.82, 2.24) is 35.2 Å². The van der Waals surface area contributed by atoms with Gasteiger partial charge in [0.05, 0.1) is 41.9 Å². The molecule has 0 atom stereocenters. The highest BCUT2D eigenvalue weighted by atomic mass is 16.2. The van der Waals surface area contributed by atoms with Crippen LogP contribution < -0.4 is 16.0 Å². The minimum absolute atomic E-state index is 0.0654. The van der Waals surface area contributed by atoms with Gasteiger partial charge in [0.15, 0.2) is 17.2 Å². The molecule has 3 aromatic rings. The van der Waals surface area contributed by atoms with Crippen molar-refractivity contribution in [1.29, 1.82) is 0 Å². The van der Waals surface area contributed by atoms with Crippen molar-refractivity contribution in [2.24, 2.45) is 0 Å². The lowest BCUT2D eigenvalue weighted by atomic mass is 10.2. The van der Waals surface area contributed by atoms with Gasteiger partial charge in [-0.25, -0.2) is 29.9 Å². The number of aromatic nitrogens is 6. The van der Waals surface area contributed by atoms with Crippen LogP contribution in [0.15, 0.2) is 31.1 Å².